The number of hydrogen-bond acceptors (Lipinski definition) is 2. The number of aryl methyl sites for hydroxylation is 1. The molecule has 112 valence electrons. The minimum absolute atomic E-state index is 0.158. The van der Waals surface area contributed by atoms with Crippen molar-refractivity contribution in [3.8, 4) is 5.75 Å². The lowest BCUT2D eigenvalue weighted by atomic mass is 9.96. The second-order valence-corrected chi connectivity index (χ2v) is 6.27. The van der Waals surface area contributed by atoms with Gasteiger partial charge in [-0.15, -0.1) is 0 Å². The average Bonchev–Trinajstić information content (AvgIpc) is 2.47. The maximum Gasteiger partial charge on any atom is 0.124 e. The molecule has 0 fully saturated rings. The highest BCUT2D eigenvalue weighted by Crippen LogP contribution is 2.31. The molecule has 1 unspecified atom stereocenters. The predicted octanol–water partition coefficient (Wildman–Crippen LogP) is 4.70. The Hall–Kier alpha value is -1.07. The fourth-order valence-corrected chi connectivity index (χ4v) is 3.05. The van der Waals surface area contributed by atoms with Crippen molar-refractivity contribution in [2.75, 3.05) is 13.2 Å². The fourth-order valence-electron chi connectivity index (χ4n) is 2.48. The molecule has 0 radical (unpaired) electrons. The first kappa shape index (κ1) is 16.3. The van der Waals surface area contributed by atoms with Crippen LogP contribution in [-0.2, 0) is 0 Å². The van der Waals surface area contributed by atoms with Crippen LogP contribution in [0, 0.1) is 10.5 Å². The molecule has 0 aliphatic rings. The fraction of sp³-hybridized carbons (Fsp3) is 0.333. The van der Waals surface area contributed by atoms with Gasteiger partial charge in [0.15, 0.2) is 0 Å². The number of ether oxygens (including phenoxy) is 1. The summed E-state index contributed by atoms with van der Waals surface area (Å²) in [4.78, 5) is 0. The van der Waals surface area contributed by atoms with Crippen molar-refractivity contribution in [2.24, 2.45) is 0 Å². The molecular formula is C18H22INO. The molecule has 0 spiro atoms. The molecule has 0 aliphatic carbocycles. The van der Waals surface area contributed by atoms with E-state index in [1.807, 2.05) is 6.92 Å². The molecule has 2 aromatic rings. The Morgan fingerprint density at radius 2 is 1.95 bits per heavy atom. The van der Waals surface area contributed by atoms with Crippen LogP contribution in [0.3, 0.4) is 0 Å². The van der Waals surface area contributed by atoms with E-state index < -0.39 is 0 Å². The average molecular weight is 395 g/mol. The van der Waals surface area contributed by atoms with Gasteiger partial charge in [-0.05, 0) is 66.7 Å². The highest BCUT2D eigenvalue weighted by atomic mass is 127. The van der Waals surface area contributed by atoms with Crippen LogP contribution in [0.15, 0.2) is 42.5 Å². The van der Waals surface area contributed by atoms with Crippen molar-refractivity contribution in [3.63, 3.8) is 0 Å². The molecule has 0 amide bonds. The lowest BCUT2D eigenvalue weighted by molar-refractivity contribution is 0.333. The molecule has 0 bridgehead atoms. The van der Waals surface area contributed by atoms with Gasteiger partial charge in [0.05, 0.1) is 12.6 Å². The third-order valence-electron chi connectivity index (χ3n) is 3.37. The third kappa shape index (κ3) is 4.20. The molecule has 1 N–H and O–H groups in total. The van der Waals surface area contributed by atoms with E-state index in [-0.39, 0.29) is 6.04 Å². The minimum atomic E-state index is 0.158. The van der Waals surface area contributed by atoms with Crippen LogP contribution in [0.25, 0.3) is 0 Å². The first-order valence-corrected chi connectivity index (χ1v) is 8.45. The summed E-state index contributed by atoms with van der Waals surface area (Å²) in [5.74, 6) is 0.966. The normalized spacial score (nSPS) is 12.2. The third-order valence-corrected chi connectivity index (χ3v) is 4.04. The monoisotopic (exact) mass is 395 g/mol. The Balaban J connectivity index is 2.49. The van der Waals surface area contributed by atoms with Crippen LogP contribution in [0.2, 0.25) is 0 Å². The van der Waals surface area contributed by atoms with Gasteiger partial charge in [-0.2, -0.15) is 0 Å². The summed E-state index contributed by atoms with van der Waals surface area (Å²) in [6.45, 7) is 7.88. The second-order valence-electron chi connectivity index (χ2n) is 5.02. The molecule has 0 aromatic heterocycles. The van der Waals surface area contributed by atoms with Crippen LogP contribution in [0.1, 0.15) is 36.6 Å². The van der Waals surface area contributed by atoms with Crippen molar-refractivity contribution in [2.45, 2.75) is 26.8 Å². The Labute approximate surface area is 141 Å². The van der Waals surface area contributed by atoms with E-state index >= 15 is 0 Å². The number of nitrogens with one attached hydrogen (secondary N) is 1. The first-order valence-electron chi connectivity index (χ1n) is 7.37. The lowest BCUT2D eigenvalue weighted by Crippen LogP contribution is -2.23. The molecule has 2 aromatic carbocycles. The van der Waals surface area contributed by atoms with E-state index in [0.29, 0.717) is 6.61 Å². The molecule has 21 heavy (non-hydrogen) atoms. The SMILES string of the molecule is CCNC(c1cccc(I)c1)c1cc(C)ccc1OCC. The number of hydrogen-bond donors (Lipinski definition) is 1. The summed E-state index contributed by atoms with van der Waals surface area (Å²) >= 11 is 2.36. The molecule has 2 nitrogen and oxygen atoms in total. The zero-order valence-corrected chi connectivity index (χ0v) is 15.0. The Bertz CT molecular complexity index is 598. The number of rotatable bonds is 6. The topological polar surface area (TPSA) is 21.3 Å². The van der Waals surface area contributed by atoms with Gasteiger partial charge in [0.1, 0.15) is 5.75 Å². The number of benzene rings is 2. The highest BCUT2D eigenvalue weighted by molar-refractivity contribution is 14.1. The lowest BCUT2D eigenvalue weighted by Gasteiger charge is -2.22. The highest BCUT2D eigenvalue weighted by Gasteiger charge is 2.18. The standard InChI is InChI=1S/C18H22INO/c1-4-20-18(14-7-6-8-15(19)12-14)16-11-13(3)9-10-17(16)21-5-2/h6-12,18,20H,4-5H2,1-3H3. The van der Waals surface area contributed by atoms with E-state index in [1.165, 1.54) is 20.3 Å². The summed E-state index contributed by atoms with van der Waals surface area (Å²) in [5.41, 5.74) is 3.73. The van der Waals surface area contributed by atoms with Crippen molar-refractivity contribution < 1.29 is 4.74 Å². The molecule has 0 heterocycles. The van der Waals surface area contributed by atoms with E-state index in [2.05, 4.69) is 84.2 Å². The smallest absolute Gasteiger partial charge is 0.124 e. The van der Waals surface area contributed by atoms with Gasteiger partial charge in [-0.3, -0.25) is 0 Å². The van der Waals surface area contributed by atoms with Gasteiger partial charge in [0.2, 0.25) is 0 Å². The van der Waals surface area contributed by atoms with E-state index in [0.717, 1.165) is 12.3 Å². The van der Waals surface area contributed by atoms with Crippen LogP contribution in [-0.4, -0.2) is 13.2 Å². The van der Waals surface area contributed by atoms with Gasteiger partial charge >= 0.3 is 0 Å². The zero-order chi connectivity index (χ0) is 15.2. The van der Waals surface area contributed by atoms with Crippen molar-refractivity contribution >= 4 is 22.6 Å². The quantitative estimate of drug-likeness (QED) is 0.717. The Morgan fingerprint density at radius 1 is 1.14 bits per heavy atom. The molecule has 1 atom stereocenters. The van der Waals surface area contributed by atoms with Gasteiger partial charge in [0, 0.05) is 9.13 Å². The molecule has 2 rings (SSSR count). The second kappa shape index (κ2) is 7.80. The van der Waals surface area contributed by atoms with Gasteiger partial charge in [-0.1, -0.05) is 36.8 Å². The number of halogens is 1. The van der Waals surface area contributed by atoms with Crippen molar-refractivity contribution in [1.29, 1.82) is 0 Å². The molecule has 0 saturated carbocycles. The Kier molecular flexibility index (Phi) is 6.06. The molecule has 0 saturated heterocycles. The minimum Gasteiger partial charge on any atom is -0.494 e. The van der Waals surface area contributed by atoms with E-state index in [9.17, 15) is 0 Å². The first-order chi connectivity index (χ1) is 10.2. The van der Waals surface area contributed by atoms with Crippen LogP contribution in [0.5, 0.6) is 5.75 Å². The summed E-state index contributed by atoms with van der Waals surface area (Å²) in [5, 5.41) is 3.59. The maximum atomic E-state index is 5.83. The largest absolute Gasteiger partial charge is 0.494 e. The van der Waals surface area contributed by atoms with Crippen LogP contribution >= 0.6 is 22.6 Å². The van der Waals surface area contributed by atoms with Gasteiger partial charge < -0.3 is 10.1 Å². The van der Waals surface area contributed by atoms with Crippen LogP contribution in [0.4, 0.5) is 0 Å². The van der Waals surface area contributed by atoms with Gasteiger partial charge in [0.25, 0.3) is 0 Å². The van der Waals surface area contributed by atoms with E-state index in [4.69, 9.17) is 4.74 Å². The van der Waals surface area contributed by atoms with Gasteiger partial charge in [-0.25, -0.2) is 0 Å². The van der Waals surface area contributed by atoms with Crippen molar-refractivity contribution in [3.05, 3.63) is 62.7 Å². The summed E-state index contributed by atoms with van der Waals surface area (Å²) in [7, 11) is 0. The summed E-state index contributed by atoms with van der Waals surface area (Å²) < 4.78 is 7.08. The van der Waals surface area contributed by atoms with Crippen molar-refractivity contribution in [1.82, 2.24) is 5.32 Å². The predicted molar refractivity (Wildman–Crippen MR) is 97.0 cm³/mol. The van der Waals surface area contributed by atoms with Crippen LogP contribution < -0.4 is 10.1 Å². The molecule has 3 heteroatoms. The Morgan fingerprint density at radius 3 is 2.62 bits per heavy atom. The maximum absolute atomic E-state index is 5.83. The molecule has 0 aliphatic heterocycles. The molecular weight excluding hydrogens is 373 g/mol. The summed E-state index contributed by atoms with van der Waals surface area (Å²) in [6.07, 6.45) is 0. The summed E-state index contributed by atoms with van der Waals surface area (Å²) in [6, 6.07) is 15.2. The van der Waals surface area contributed by atoms with E-state index in [1.54, 1.807) is 0 Å². The zero-order valence-electron chi connectivity index (χ0n) is 12.8.